The van der Waals surface area contributed by atoms with E-state index in [0.29, 0.717) is 12.6 Å². The molecule has 2 aliphatic rings. The van der Waals surface area contributed by atoms with Gasteiger partial charge < -0.3 is 14.2 Å². The number of fused-ring (bicyclic) bond motifs is 1. The van der Waals surface area contributed by atoms with Gasteiger partial charge in [0.2, 0.25) is 0 Å². The van der Waals surface area contributed by atoms with Crippen LogP contribution in [-0.2, 0) is 22.6 Å². The van der Waals surface area contributed by atoms with Crippen LogP contribution in [0.5, 0.6) is 5.75 Å². The Bertz CT molecular complexity index is 692. The number of hydrogen-bond donors (Lipinski definition) is 0. The Morgan fingerprint density at radius 1 is 1.15 bits per heavy atom. The van der Waals surface area contributed by atoms with E-state index in [4.69, 9.17) is 14.2 Å². The Hall–Kier alpha value is -1.95. The van der Waals surface area contributed by atoms with E-state index in [2.05, 4.69) is 28.1 Å². The maximum atomic E-state index is 6.18. The van der Waals surface area contributed by atoms with E-state index >= 15 is 0 Å². The molecule has 0 amide bonds. The van der Waals surface area contributed by atoms with E-state index < -0.39 is 0 Å². The molecule has 4 rings (SSSR count). The first-order valence-electron chi connectivity index (χ1n) is 9.32. The molecular formula is C21H26N2O3. The molecule has 1 aromatic carbocycles. The summed E-state index contributed by atoms with van der Waals surface area (Å²) in [7, 11) is 1.70. The van der Waals surface area contributed by atoms with Crippen LogP contribution in [0, 0.1) is 0 Å². The van der Waals surface area contributed by atoms with Crippen LogP contribution in [0.4, 0.5) is 0 Å². The molecular weight excluding hydrogens is 328 g/mol. The molecule has 1 aliphatic carbocycles. The molecule has 26 heavy (non-hydrogen) atoms. The lowest BCUT2D eigenvalue weighted by Gasteiger charge is -2.39. The molecule has 1 aromatic heterocycles. The predicted octanol–water partition coefficient (Wildman–Crippen LogP) is 3.04. The Kier molecular flexibility index (Phi) is 5.48. The standard InChI is InChI=1S/C21H26N2O3/c1-24-18-6-4-16(5-7-18)14-23-11-12-25-21-19(23)8-9-20(21)26-15-17-3-2-10-22-13-17/h2-7,10,13,19-21H,8-9,11-12,14-15H2,1H3/t19-,20+,21+/m1/s1. The summed E-state index contributed by atoms with van der Waals surface area (Å²) >= 11 is 0. The minimum absolute atomic E-state index is 0.165. The molecule has 0 bridgehead atoms. The van der Waals surface area contributed by atoms with Crippen molar-refractivity contribution in [3.05, 3.63) is 59.9 Å². The number of hydrogen-bond acceptors (Lipinski definition) is 5. The fourth-order valence-corrected chi connectivity index (χ4v) is 4.02. The van der Waals surface area contributed by atoms with E-state index in [-0.39, 0.29) is 12.2 Å². The fourth-order valence-electron chi connectivity index (χ4n) is 4.02. The number of nitrogens with zero attached hydrogens (tertiary/aromatic N) is 2. The zero-order valence-corrected chi connectivity index (χ0v) is 15.2. The molecule has 2 fully saturated rings. The molecule has 5 nitrogen and oxygen atoms in total. The highest BCUT2D eigenvalue weighted by atomic mass is 16.5. The molecule has 0 unspecified atom stereocenters. The second kappa shape index (κ2) is 8.16. The van der Waals surface area contributed by atoms with Gasteiger partial charge in [0.25, 0.3) is 0 Å². The first kappa shape index (κ1) is 17.5. The van der Waals surface area contributed by atoms with Crippen molar-refractivity contribution in [2.45, 2.75) is 44.2 Å². The number of morpholine rings is 1. The van der Waals surface area contributed by atoms with Gasteiger partial charge in [-0.3, -0.25) is 9.88 Å². The van der Waals surface area contributed by atoms with Crippen molar-refractivity contribution in [3.63, 3.8) is 0 Å². The summed E-state index contributed by atoms with van der Waals surface area (Å²) in [5.41, 5.74) is 2.42. The Labute approximate surface area is 154 Å². The maximum Gasteiger partial charge on any atom is 0.118 e. The largest absolute Gasteiger partial charge is 0.497 e. The van der Waals surface area contributed by atoms with Crippen molar-refractivity contribution in [2.75, 3.05) is 20.3 Å². The molecule has 0 spiro atoms. The lowest BCUT2D eigenvalue weighted by atomic mass is 10.1. The molecule has 1 saturated carbocycles. The van der Waals surface area contributed by atoms with Crippen molar-refractivity contribution in [2.24, 2.45) is 0 Å². The van der Waals surface area contributed by atoms with Crippen LogP contribution in [-0.4, -0.2) is 48.4 Å². The van der Waals surface area contributed by atoms with Gasteiger partial charge in [0, 0.05) is 31.5 Å². The first-order valence-corrected chi connectivity index (χ1v) is 9.32. The van der Waals surface area contributed by atoms with Gasteiger partial charge in [0.05, 0.1) is 32.5 Å². The van der Waals surface area contributed by atoms with Gasteiger partial charge in [-0.05, 0) is 42.2 Å². The summed E-state index contributed by atoms with van der Waals surface area (Å²) in [6.45, 7) is 3.29. The van der Waals surface area contributed by atoms with Gasteiger partial charge in [-0.15, -0.1) is 0 Å². The quantitative estimate of drug-likeness (QED) is 0.798. The number of ether oxygens (including phenoxy) is 3. The van der Waals surface area contributed by atoms with Crippen LogP contribution in [0.1, 0.15) is 24.0 Å². The van der Waals surface area contributed by atoms with Crippen LogP contribution in [0.3, 0.4) is 0 Å². The number of pyridine rings is 1. The van der Waals surface area contributed by atoms with Crippen molar-refractivity contribution in [1.29, 1.82) is 0 Å². The molecule has 3 atom stereocenters. The van der Waals surface area contributed by atoms with Gasteiger partial charge in [-0.1, -0.05) is 18.2 Å². The highest BCUT2D eigenvalue weighted by Gasteiger charge is 2.43. The molecule has 1 saturated heterocycles. The average molecular weight is 354 g/mol. The average Bonchev–Trinajstić information content (AvgIpc) is 3.12. The van der Waals surface area contributed by atoms with Gasteiger partial charge in [0.1, 0.15) is 5.75 Å². The minimum atomic E-state index is 0.165. The van der Waals surface area contributed by atoms with E-state index in [1.807, 2.05) is 24.4 Å². The van der Waals surface area contributed by atoms with Gasteiger partial charge in [-0.25, -0.2) is 0 Å². The lowest BCUT2D eigenvalue weighted by Crippen LogP contribution is -2.51. The summed E-state index contributed by atoms with van der Waals surface area (Å²) in [6, 6.07) is 12.8. The summed E-state index contributed by atoms with van der Waals surface area (Å²) in [5.74, 6) is 0.901. The molecule has 2 heterocycles. The maximum absolute atomic E-state index is 6.18. The molecule has 0 N–H and O–H groups in total. The molecule has 2 aromatic rings. The summed E-state index contributed by atoms with van der Waals surface area (Å²) in [4.78, 5) is 6.70. The number of rotatable bonds is 6. The lowest BCUT2D eigenvalue weighted by molar-refractivity contribution is -0.118. The summed E-state index contributed by atoms with van der Waals surface area (Å²) in [6.07, 6.45) is 6.16. The zero-order chi connectivity index (χ0) is 17.8. The van der Waals surface area contributed by atoms with Crippen molar-refractivity contribution in [1.82, 2.24) is 9.88 Å². The Balaban J connectivity index is 1.36. The molecule has 1 aliphatic heterocycles. The van der Waals surface area contributed by atoms with Crippen LogP contribution in [0.25, 0.3) is 0 Å². The Morgan fingerprint density at radius 2 is 2.04 bits per heavy atom. The molecule has 5 heteroatoms. The normalized spacial score (nSPS) is 25.8. The smallest absolute Gasteiger partial charge is 0.118 e. The van der Waals surface area contributed by atoms with E-state index in [1.165, 1.54) is 5.56 Å². The van der Waals surface area contributed by atoms with E-state index in [9.17, 15) is 0 Å². The third-order valence-corrected chi connectivity index (χ3v) is 5.38. The fraction of sp³-hybridized carbons (Fsp3) is 0.476. The van der Waals surface area contributed by atoms with Crippen LogP contribution in [0.15, 0.2) is 48.8 Å². The second-order valence-electron chi connectivity index (χ2n) is 7.01. The van der Waals surface area contributed by atoms with Crippen molar-refractivity contribution in [3.8, 4) is 5.75 Å². The number of methoxy groups -OCH3 is 1. The SMILES string of the molecule is COc1ccc(CN2CCO[C@@H]3[C@@H](OCc4cccnc4)CC[C@H]32)cc1. The van der Waals surface area contributed by atoms with Gasteiger partial charge >= 0.3 is 0 Å². The number of aromatic nitrogens is 1. The highest BCUT2D eigenvalue weighted by Crippen LogP contribution is 2.33. The van der Waals surface area contributed by atoms with E-state index in [0.717, 1.165) is 43.9 Å². The number of benzene rings is 1. The van der Waals surface area contributed by atoms with Crippen LogP contribution < -0.4 is 4.74 Å². The minimum Gasteiger partial charge on any atom is -0.497 e. The topological polar surface area (TPSA) is 43.8 Å². The van der Waals surface area contributed by atoms with Gasteiger partial charge in [-0.2, -0.15) is 0 Å². The van der Waals surface area contributed by atoms with Crippen molar-refractivity contribution < 1.29 is 14.2 Å². The van der Waals surface area contributed by atoms with Crippen molar-refractivity contribution >= 4 is 0 Å². The predicted molar refractivity (Wildman–Crippen MR) is 99.0 cm³/mol. The Morgan fingerprint density at radius 3 is 2.81 bits per heavy atom. The highest BCUT2D eigenvalue weighted by molar-refractivity contribution is 5.27. The van der Waals surface area contributed by atoms with E-state index in [1.54, 1.807) is 13.3 Å². The summed E-state index contributed by atoms with van der Waals surface area (Å²) < 4.78 is 17.5. The molecule has 0 radical (unpaired) electrons. The van der Waals surface area contributed by atoms with Crippen LogP contribution in [0.2, 0.25) is 0 Å². The van der Waals surface area contributed by atoms with Crippen LogP contribution >= 0.6 is 0 Å². The summed E-state index contributed by atoms with van der Waals surface area (Å²) in [5, 5.41) is 0. The third-order valence-electron chi connectivity index (χ3n) is 5.38. The zero-order valence-electron chi connectivity index (χ0n) is 15.2. The second-order valence-corrected chi connectivity index (χ2v) is 7.01. The molecule has 138 valence electrons. The first-order chi connectivity index (χ1) is 12.8. The monoisotopic (exact) mass is 354 g/mol. The third kappa shape index (κ3) is 3.90. The van der Waals surface area contributed by atoms with Gasteiger partial charge in [0.15, 0.2) is 0 Å².